The maximum absolute atomic E-state index is 11.6. The molecule has 4 nitrogen and oxygen atoms in total. The van der Waals surface area contributed by atoms with Crippen LogP contribution in [0.4, 0.5) is 0 Å². The van der Waals surface area contributed by atoms with E-state index in [2.05, 4.69) is 24.0 Å². The van der Waals surface area contributed by atoms with Gasteiger partial charge in [-0.05, 0) is 12.3 Å². The number of hydrogen-bond acceptors (Lipinski definition) is 5. The van der Waals surface area contributed by atoms with Crippen LogP contribution in [0.25, 0.3) is 0 Å². The van der Waals surface area contributed by atoms with Gasteiger partial charge in [-0.2, -0.15) is 16.7 Å². The van der Waals surface area contributed by atoms with Crippen LogP contribution in [-0.2, 0) is 17.0 Å². The SMILES string of the molecule is CCC(C)SCc1noc(CC(=O)CC(C)C)n1. The largest absolute Gasteiger partial charge is 0.339 e. The standard InChI is InChI=1S/C13H22N2O2S/c1-5-10(4)18-8-12-14-13(17-15-12)7-11(16)6-9(2)3/h9-10H,5-8H2,1-4H3. The van der Waals surface area contributed by atoms with Crippen LogP contribution in [0, 0.1) is 5.92 Å². The molecule has 1 aromatic heterocycles. The lowest BCUT2D eigenvalue weighted by Crippen LogP contribution is -2.06. The van der Waals surface area contributed by atoms with E-state index in [1.165, 1.54) is 0 Å². The lowest BCUT2D eigenvalue weighted by molar-refractivity contribution is -0.119. The number of carbonyl (C=O) groups excluding carboxylic acids is 1. The summed E-state index contributed by atoms with van der Waals surface area (Å²) in [5, 5.41) is 4.49. The third-order valence-corrected chi connectivity index (χ3v) is 3.89. The highest BCUT2D eigenvalue weighted by Crippen LogP contribution is 2.18. The molecule has 0 aliphatic carbocycles. The molecule has 0 amide bonds. The summed E-state index contributed by atoms with van der Waals surface area (Å²) in [6.07, 6.45) is 1.96. The first-order valence-electron chi connectivity index (χ1n) is 6.46. The molecule has 0 aliphatic heterocycles. The molecule has 0 spiro atoms. The van der Waals surface area contributed by atoms with Crippen molar-refractivity contribution >= 4 is 17.5 Å². The Morgan fingerprint density at radius 2 is 2.11 bits per heavy atom. The molecule has 0 fully saturated rings. The van der Waals surface area contributed by atoms with Crippen molar-refractivity contribution in [3.05, 3.63) is 11.7 Å². The van der Waals surface area contributed by atoms with Crippen molar-refractivity contribution < 1.29 is 9.32 Å². The number of Topliss-reactive ketones (excluding diaryl/α,β-unsaturated/α-hetero) is 1. The second-order valence-corrected chi connectivity index (χ2v) is 6.37. The third kappa shape index (κ3) is 5.67. The maximum Gasteiger partial charge on any atom is 0.234 e. The van der Waals surface area contributed by atoms with Crippen molar-refractivity contribution in [1.29, 1.82) is 0 Å². The van der Waals surface area contributed by atoms with Crippen molar-refractivity contribution in [2.45, 2.75) is 58.0 Å². The molecule has 18 heavy (non-hydrogen) atoms. The Morgan fingerprint density at radius 1 is 1.39 bits per heavy atom. The van der Waals surface area contributed by atoms with Gasteiger partial charge in [-0.25, -0.2) is 0 Å². The van der Waals surface area contributed by atoms with Gasteiger partial charge in [0.05, 0.1) is 12.2 Å². The van der Waals surface area contributed by atoms with Crippen LogP contribution in [0.3, 0.4) is 0 Å². The lowest BCUT2D eigenvalue weighted by atomic mass is 10.1. The zero-order chi connectivity index (χ0) is 13.5. The fourth-order valence-electron chi connectivity index (χ4n) is 1.45. The van der Waals surface area contributed by atoms with E-state index in [4.69, 9.17) is 4.52 Å². The Morgan fingerprint density at radius 3 is 2.72 bits per heavy atom. The lowest BCUT2D eigenvalue weighted by Gasteiger charge is -2.04. The van der Waals surface area contributed by atoms with E-state index in [1.807, 2.05) is 13.8 Å². The van der Waals surface area contributed by atoms with Gasteiger partial charge >= 0.3 is 0 Å². The van der Waals surface area contributed by atoms with Crippen molar-refractivity contribution in [3.8, 4) is 0 Å². The number of aromatic nitrogens is 2. The van der Waals surface area contributed by atoms with Crippen LogP contribution in [0.1, 0.15) is 52.3 Å². The predicted molar refractivity (Wildman–Crippen MR) is 73.5 cm³/mol. The fraction of sp³-hybridized carbons (Fsp3) is 0.769. The molecule has 1 aromatic rings. The number of rotatable bonds is 8. The Kier molecular flexibility index (Phi) is 6.39. The van der Waals surface area contributed by atoms with E-state index < -0.39 is 0 Å². The van der Waals surface area contributed by atoms with Gasteiger partial charge < -0.3 is 4.52 Å². The maximum atomic E-state index is 11.6. The van der Waals surface area contributed by atoms with Crippen LogP contribution >= 0.6 is 11.8 Å². The topological polar surface area (TPSA) is 56.0 Å². The number of carbonyl (C=O) groups is 1. The minimum absolute atomic E-state index is 0.162. The highest BCUT2D eigenvalue weighted by Gasteiger charge is 2.13. The first-order valence-corrected chi connectivity index (χ1v) is 7.50. The van der Waals surface area contributed by atoms with Gasteiger partial charge in [-0.1, -0.05) is 32.9 Å². The molecule has 1 rings (SSSR count). The number of thioether (sulfide) groups is 1. The smallest absolute Gasteiger partial charge is 0.234 e. The van der Waals surface area contributed by atoms with E-state index in [0.29, 0.717) is 29.3 Å². The summed E-state index contributed by atoms with van der Waals surface area (Å²) in [6.45, 7) is 8.39. The normalized spacial score (nSPS) is 12.9. The monoisotopic (exact) mass is 270 g/mol. The second-order valence-electron chi connectivity index (χ2n) is 4.95. The van der Waals surface area contributed by atoms with Crippen LogP contribution < -0.4 is 0 Å². The van der Waals surface area contributed by atoms with Gasteiger partial charge in [-0.15, -0.1) is 0 Å². The van der Waals surface area contributed by atoms with Crippen LogP contribution in [0.15, 0.2) is 4.52 Å². The summed E-state index contributed by atoms with van der Waals surface area (Å²) in [5.74, 6) is 2.42. The van der Waals surface area contributed by atoms with Gasteiger partial charge in [0.25, 0.3) is 0 Å². The Bertz CT molecular complexity index is 377. The van der Waals surface area contributed by atoms with E-state index in [-0.39, 0.29) is 12.2 Å². The molecule has 1 atom stereocenters. The Labute approximate surface area is 113 Å². The molecule has 0 saturated carbocycles. The summed E-state index contributed by atoms with van der Waals surface area (Å²) in [6, 6.07) is 0. The number of hydrogen-bond donors (Lipinski definition) is 0. The van der Waals surface area contributed by atoms with E-state index in [1.54, 1.807) is 11.8 Å². The zero-order valence-electron chi connectivity index (χ0n) is 11.6. The summed E-state index contributed by atoms with van der Waals surface area (Å²) in [7, 11) is 0. The molecule has 1 heterocycles. The molecule has 1 unspecified atom stereocenters. The van der Waals surface area contributed by atoms with Gasteiger partial charge in [0.1, 0.15) is 5.78 Å². The third-order valence-electron chi connectivity index (χ3n) is 2.57. The molecule has 5 heteroatoms. The molecule has 0 N–H and O–H groups in total. The predicted octanol–water partition coefficient (Wildman–Crippen LogP) is 3.26. The number of nitrogens with zero attached hydrogens (tertiary/aromatic N) is 2. The summed E-state index contributed by atoms with van der Waals surface area (Å²) < 4.78 is 5.09. The quantitative estimate of drug-likeness (QED) is 0.725. The van der Waals surface area contributed by atoms with E-state index in [0.717, 1.165) is 12.2 Å². The van der Waals surface area contributed by atoms with Crippen molar-refractivity contribution in [2.24, 2.45) is 5.92 Å². The highest BCUT2D eigenvalue weighted by molar-refractivity contribution is 7.99. The van der Waals surface area contributed by atoms with Gasteiger partial charge in [0.2, 0.25) is 5.89 Å². The fourth-order valence-corrected chi connectivity index (χ4v) is 2.24. The van der Waals surface area contributed by atoms with E-state index in [9.17, 15) is 4.79 Å². The van der Waals surface area contributed by atoms with Gasteiger partial charge in [0, 0.05) is 11.7 Å². The Balaban J connectivity index is 2.41. The van der Waals surface area contributed by atoms with Gasteiger partial charge in [0.15, 0.2) is 5.82 Å². The van der Waals surface area contributed by atoms with Crippen LogP contribution in [0.2, 0.25) is 0 Å². The molecule has 0 radical (unpaired) electrons. The Hall–Kier alpha value is -0.840. The average molecular weight is 270 g/mol. The number of ketones is 1. The van der Waals surface area contributed by atoms with Crippen LogP contribution in [0.5, 0.6) is 0 Å². The summed E-state index contributed by atoms with van der Waals surface area (Å²) in [4.78, 5) is 15.9. The molecule has 102 valence electrons. The second kappa shape index (κ2) is 7.56. The van der Waals surface area contributed by atoms with Crippen molar-refractivity contribution in [1.82, 2.24) is 10.1 Å². The van der Waals surface area contributed by atoms with Crippen molar-refractivity contribution in [2.75, 3.05) is 0 Å². The van der Waals surface area contributed by atoms with Gasteiger partial charge in [-0.3, -0.25) is 4.79 Å². The summed E-state index contributed by atoms with van der Waals surface area (Å²) >= 11 is 1.80. The first-order chi connectivity index (χ1) is 8.51. The molecule has 0 aromatic carbocycles. The zero-order valence-corrected chi connectivity index (χ0v) is 12.4. The van der Waals surface area contributed by atoms with Crippen molar-refractivity contribution in [3.63, 3.8) is 0 Å². The van der Waals surface area contributed by atoms with Crippen LogP contribution in [-0.4, -0.2) is 21.2 Å². The molecular formula is C13H22N2O2S. The molecule has 0 saturated heterocycles. The average Bonchev–Trinajstić information content (AvgIpc) is 2.72. The molecule has 0 bridgehead atoms. The van der Waals surface area contributed by atoms with E-state index >= 15 is 0 Å². The molecular weight excluding hydrogens is 248 g/mol. The summed E-state index contributed by atoms with van der Waals surface area (Å²) in [5.41, 5.74) is 0. The first kappa shape index (κ1) is 15.2. The minimum Gasteiger partial charge on any atom is -0.339 e. The molecule has 0 aliphatic rings. The highest BCUT2D eigenvalue weighted by atomic mass is 32.2. The minimum atomic E-state index is 0.162.